The van der Waals surface area contributed by atoms with Gasteiger partial charge in [0.05, 0.1) is 0 Å². The van der Waals surface area contributed by atoms with Crippen LogP contribution >= 0.6 is 0 Å². The molecule has 1 aromatic rings. The molecule has 1 aliphatic heterocycles. The Hall–Kier alpha value is -1.71. The summed E-state index contributed by atoms with van der Waals surface area (Å²) >= 11 is 0. The van der Waals surface area contributed by atoms with Gasteiger partial charge in [-0.25, -0.2) is 4.79 Å². The first-order chi connectivity index (χ1) is 9.40. The van der Waals surface area contributed by atoms with E-state index in [1.807, 2.05) is 0 Å². The summed E-state index contributed by atoms with van der Waals surface area (Å²) in [6, 6.07) is 4.27. The van der Waals surface area contributed by atoms with E-state index in [9.17, 15) is 4.79 Å². The molecular weight excluding hydrogens is 250 g/mol. The van der Waals surface area contributed by atoms with Crippen LogP contribution in [0.4, 0.5) is 10.5 Å². The fraction of sp³-hybridized carbons (Fsp3) is 0.562. The lowest BCUT2D eigenvalue weighted by molar-refractivity contribution is 0.204. The number of nitrogens with zero attached hydrogens (tertiary/aromatic N) is 2. The molecule has 1 saturated heterocycles. The van der Waals surface area contributed by atoms with Crippen LogP contribution in [-0.4, -0.2) is 37.1 Å². The molecule has 1 heterocycles. The zero-order valence-electron chi connectivity index (χ0n) is 12.9. The van der Waals surface area contributed by atoms with Crippen molar-refractivity contribution >= 4 is 11.7 Å². The van der Waals surface area contributed by atoms with Crippen LogP contribution in [-0.2, 0) is 0 Å². The molecule has 0 unspecified atom stereocenters. The van der Waals surface area contributed by atoms with Crippen LogP contribution in [0, 0.1) is 13.8 Å². The molecule has 0 spiro atoms. The molecule has 20 heavy (non-hydrogen) atoms. The molecule has 0 radical (unpaired) electrons. The maximum absolute atomic E-state index is 11.2. The lowest BCUT2D eigenvalue weighted by Gasteiger charge is -2.36. The number of benzene rings is 1. The molecule has 0 bridgehead atoms. The van der Waals surface area contributed by atoms with E-state index >= 15 is 0 Å². The van der Waals surface area contributed by atoms with Gasteiger partial charge in [-0.2, -0.15) is 0 Å². The van der Waals surface area contributed by atoms with Crippen molar-refractivity contribution in [2.45, 2.75) is 33.6 Å². The number of rotatable bonds is 2. The van der Waals surface area contributed by atoms with E-state index in [-0.39, 0.29) is 6.03 Å². The van der Waals surface area contributed by atoms with Crippen molar-refractivity contribution in [3.63, 3.8) is 0 Å². The van der Waals surface area contributed by atoms with E-state index in [0.29, 0.717) is 19.0 Å². The largest absolute Gasteiger partial charge is 0.368 e. The monoisotopic (exact) mass is 275 g/mol. The van der Waals surface area contributed by atoms with Crippen molar-refractivity contribution in [1.82, 2.24) is 4.90 Å². The highest BCUT2D eigenvalue weighted by atomic mass is 16.2. The van der Waals surface area contributed by atoms with Gasteiger partial charge in [0.15, 0.2) is 0 Å². The van der Waals surface area contributed by atoms with Gasteiger partial charge < -0.3 is 15.5 Å². The Kier molecular flexibility index (Phi) is 4.21. The minimum atomic E-state index is -0.312. The van der Waals surface area contributed by atoms with Crippen LogP contribution in [0.5, 0.6) is 0 Å². The molecule has 0 saturated carbocycles. The maximum Gasteiger partial charge on any atom is 0.314 e. The Labute approximate surface area is 121 Å². The van der Waals surface area contributed by atoms with Gasteiger partial charge in [-0.1, -0.05) is 19.9 Å². The third-order valence-corrected chi connectivity index (χ3v) is 4.14. The molecule has 4 nitrogen and oxygen atoms in total. The predicted molar refractivity (Wildman–Crippen MR) is 83.4 cm³/mol. The first-order valence-corrected chi connectivity index (χ1v) is 7.30. The third-order valence-electron chi connectivity index (χ3n) is 4.14. The van der Waals surface area contributed by atoms with E-state index < -0.39 is 0 Å². The topological polar surface area (TPSA) is 49.6 Å². The van der Waals surface area contributed by atoms with Gasteiger partial charge in [-0.05, 0) is 42.5 Å². The maximum atomic E-state index is 11.2. The van der Waals surface area contributed by atoms with Gasteiger partial charge in [0.1, 0.15) is 0 Å². The van der Waals surface area contributed by atoms with Crippen molar-refractivity contribution in [2.75, 3.05) is 31.1 Å². The van der Waals surface area contributed by atoms with Crippen molar-refractivity contribution in [2.24, 2.45) is 5.73 Å². The molecule has 1 fully saturated rings. The third kappa shape index (κ3) is 2.89. The SMILES string of the molecule is Cc1cc(N2CCN(C(N)=O)CC2)c(C)cc1C(C)C. The van der Waals surface area contributed by atoms with Crippen molar-refractivity contribution < 1.29 is 4.79 Å². The number of hydrogen-bond acceptors (Lipinski definition) is 2. The zero-order valence-corrected chi connectivity index (χ0v) is 12.9. The summed E-state index contributed by atoms with van der Waals surface area (Å²) in [5, 5.41) is 0. The Balaban J connectivity index is 2.18. The van der Waals surface area contributed by atoms with Crippen LogP contribution in [0.1, 0.15) is 36.5 Å². The Morgan fingerprint density at radius 2 is 1.70 bits per heavy atom. The molecular formula is C16H25N3O. The van der Waals surface area contributed by atoms with Gasteiger partial charge in [0.2, 0.25) is 0 Å². The minimum Gasteiger partial charge on any atom is -0.368 e. The van der Waals surface area contributed by atoms with Crippen LogP contribution in [0.2, 0.25) is 0 Å². The van der Waals surface area contributed by atoms with Gasteiger partial charge >= 0.3 is 6.03 Å². The van der Waals surface area contributed by atoms with Gasteiger partial charge in [-0.15, -0.1) is 0 Å². The molecule has 0 aliphatic carbocycles. The quantitative estimate of drug-likeness (QED) is 0.902. The molecule has 2 amide bonds. The van der Waals surface area contributed by atoms with Gasteiger partial charge in [0.25, 0.3) is 0 Å². The molecule has 1 aliphatic rings. The summed E-state index contributed by atoms with van der Waals surface area (Å²) in [5.74, 6) is 0.550. The molecule has 2 rings (SSSR count). The van der Waals surface area contributed by atoms with E-state index in [4.69, 9.17) is 5.73 Å². The normalized spacial score (nSPS) is 15.8. The van der Waals surface area contributed by atoms with Gasteiger partial charge in [-0.3, -0.25) is 0 Å². The van der Waals surface area contributed by atoms with Gasteiger partial charge in [0, 0.05) is 31.9 Å². The average Bonchev–Trinajstić information content (AvgIpc) is 2.40. The number of carbonyl (C=O) groups is 1. The molecule has 2 N–H and O–H groups in total. The molecule has 110 valence electrons. The molecule has 0 aromatic heterocycles. The summed E-state index contributed by atoms with van der Waals surface area (Å²) in [6.45, 7) is 11.9. The lowest BCUT2D eigenvalue weighted by atomic mass is 9.94. The van der Waals surface area contributed by atoms with E-state index in [0.717, 1.165) is 13.1 Å². The second-order valence-electron chi connectivity index (χ2n) is 5.96. The van der Waals surface area contributed by atoms with Crippen molar-refractivity contribution in [3.8, 4) is 0 Å². The molecule has 4 heteroatoms. The van der Waals surface area contributed by atoms with E-state index in [1.165, 1.54) is 22.4 Å². The summed E-state index contributed by atoms with van der Waals surface area (Å²) in [7, 11) is 0. The van der Waals surface area contributed by atoms with Crippen molar-refractivity contribution in [3.05, 3.63) is 28.8 Å². The number of primary amides is 1. The first-order valence-electron chi connectivity index (χ1n) is 7.30. The minimum absolute atomic E-state index is 0.312. The Bertz CT molecular complexity index is 503. The highest BCUT2D eigenvalue weighted by molar-refractivity contribution is 5.72. The second kappa shape index (κ2) is 5.73. The standard InChI is InChI=1S/C16H25N3O/c1-11(2)14-9-13(4)15(10-12(14)3)18-5-7-19(8-6-18)16(17)20/h9-11H,5-8H2,1-4H3,(H2,17,20). The summed E-state index contributed by atoms with van der Waals surface area (Å²) in [5.41, 5.74) is 10.7. The Morgan fingerprint density at radius 1 is 1.10 bits per heavy atom. The number of nitrogens with two attached hydrogens (primary N) is 1. The molecule has 0 atom stereocenters. The second-order valence-corrected chi connectivity index (χ2v) is 5.96. The number of piperazine rings is 1. The average molecular weight is 275 g/mol. The highest BCUT2D eigenvalue weighted by Gasteiger charge is 2.21. The lowest BCUT2D eigenvalue weighted by Crippen LogP contribution is -2.50. The zero-order chi connectivity index (χ0) is 14.9. The number of aryl methyl sites for hydroxylation is 2. The van der Waals surface area contributed by atoms with E-state index in [2.05, 4.69) is 44.7 Å². The van der Waals surface area contributed by atoms with E-state index in [1.54, 1.807) is 4.90 Å². The fourth-order valence-electron chi connectivity index (χ4n) is 2.95. The highest BCUT2D eigenvalue weighted by Crippen LogP contribution is 2.29. The van der Waals surface area contributed by atoms with Crippen LogP contribution in [0.15, 0.2) is 12.1 Å². The summed E-state index contributed by atoms with van der Waals surface area (Å²) in [4.78, 5) is 15.2. The fourth-order valence-corrected chi connectivity index (χ4v) is 2.95. The number of amides is 2. The number of urea groups is 1. The first kappa shape index (κ1) is 14.7. The number of carbonyl (C=O) groups excluding carboxylic acids is 1. The Morgan fingerprint density at radius 3 is 2.20 bits per heavy atom. The van der Waals surface area contributed by atoms with Crippen molar-refractivity contribution in [1.29, 1.82) is 0 Å². The summed E-state index contributed by atoms with van der Waals surface area (Å²) in [6.07, 6.45) is 0. The number of hydrogen-bond donors (Lipinski definition) is 1. The molecule has 1 aromatic carbocycles. The number of anilines is 1. The van der Waals surface area contributed by atoms with Crippen LogP contribution in [0.3, 0.4) is 0 Å². The summed E-state index contributed by atoms with van der Waals surface area (Å²) < 4.78 is 0. The van der Waals surface area contributed by atoms with Crippen LogP contribution < -0.4 is 10.6 Å². The van der Waals surface area contributed by atoms with Crippen LogP contribution in [0.25, 0.3) is 0 Å². The smallest absolute Gasteiger partial charge is 0.314 e. The predicted octanol–water partition coefficient (Wildman–Crippen LogP) is 2.63.